The minimum Gasteiger partial charge on any atom is -0.368 e. The second kappa shape index (κ2) is 8.32. The van der Waals surface area contributed by atoms with Gasteiger partial charge in [0.2, 0.25) is 5.91 Å². The van der Waals surface area contributed by atoms with Gasteiger partial charge in [-0.05, 0) is 24.3 Å². The summed E-state index contributed by atoms with van der Waals surface area (Å²) in [6, 6.07) is 13.6. The molecule has 9 nitrogen and oxygen atoms in total. The Hall–Kier alpha value is -3.75. The summed E-state index contributed by atoms with van der Waals surface area (Å²) in [5, 5.41) is 11.3. The maximum absolute atomic E-state index is 12.6. The monoisotopic (exact) mass is 407 g/mol. The van der Waals surface area contributed by atoms with Gasteiger partial charge in [-0.2, -0.15) is 0 Å². The predicted octanol–water partition coefficient (Wildman–Crippen LogP) is 2.04. The quantitative estimate of drug-likeness (QED) is 0.474. The van der Waals surface area contributed by atoms with Crippen molar-refractivity contribution in [2.24, 2.45) is 0 Å². The average Bonchev–Trinajstić information content (AvgIpc) is 2.79. The molecular weight excluding hydrogens is 386 g/mol. The molecule has 0 bridgehead atoms. The van der Waals surface area contributed by atoms with E-state index in [1.807, 2.05) is 6.07 Å². The van der Waals surface area contributed by atoms with Crippen LogP contribution in [0, 0.1) is 10.1 Å². The third-order valence-corrected chi connectivity index (χ3v) is 5.36. The molecule has 0 atom stereocenters. The number of nitro groups is 1. The zero-order valence-corrected chi connectivity index (χ0v) is 16.3. The van der Waals surface area contributed by atoms with Crippen LogP contribution in [0.25, 0.3) is 10.9 Å². The molecule has 1 amide bonds. The Morgan fingerprint density at radius 2 is 1.73 bits per heavy atom. The minimum absolute atomic E-state index is 0.00147. The lowest BCUT2D eigenvalue weighted by atomic mass is 10.2. The molecular formula is C21H21N5O4. The van der Waals surface area contributed by atoms with E-state index in [4.69, 9.17) is 0 Å². The fourth-order valence-corrected chi connectivity index (χ4v) is 3.64. The first-order valence-corrected chi connectivity index (χ1v) is 9.74. The first-order valence-electron chi connectivity index (χ1n) is 9.74. The summed E-state index contributed by atoms with van der Waals surface area (Å²) in [6.45, 7) is 2.74. The Morgan fingerprint density at radius 1 is 1.03 bits per heavy atom. The van der Waals surface area contributed by atoms with Crippen molar-refractivity contribution >= 4 is 28.2 Å². The maximum Gasteiger partial charge on any atom is 0.269 e. The lowest BCUT2D eigenvalue weighted by molar-refractivity contribution is -0.384. The number of carbonyl (C=O) groups is 1. The zero-order valence-electron chi connectivity index (χ0n) is 16.3. The van der Waals surface area contributed by atoms with Crippen molar-refractivity contribution in [2.75, 3.05) is 31.1 Å². The number of aromatic nitrogens is 2. The van der Waals surface area contributed by atoms with Gasteiger partial charge in [0.1, 0.15) is 0 Å². The van der Waals surface area contributed by atoms with Crippen LogP contribution in [-0.2, 0) is 11.3 Å². The van der Waals surface area contributed by atoms with Gasteiger partial charge in [0.15, 0.2) is 0 Å². The highest BCUT2D eigenvalue weighted by atomic mass is 16.6. The summed E-state index contributed by atoms with van der Waals surface area (Å²) in [6.07, 6.45) is 1.72. The molecule has 0 unspecified atom stereocenters. The molecule has 0 saturated carbocycles. The number of aryl methyl sites for hydroxylation is 1. The summed E-state index contributed by atoms with van der Waals surface area (Å²) >= 11 is 0. The number of hydrogen-bond acceptors (Lipinski definition) is 6. The van der Waals surface area contributed by atoms with E-state index in [9.17, 15) is 19.7 Å². The lowest BCUT2D eigenvalue weighted by Gasteiger charge is -2.36. The standard InChI is InChI=1S/C21H21N5O4/c27-20(9-10-25-15-22-19-4-2-1-3-18(19)21(25)28)24-13-11-23(12-14-24)16-5-7-17(8-6-16)26(29)30/h1-8,15H,9-14H2. The van der Waals surface area contributed by atoms with Crippen LogP contribution in [0.4, 0.5) is 11.4 Å². The Morgan fingerprint density at radius 3 is 2.43 bits per heavy atom. The highest BCUT2D eigenvalue weighted by Crippen LogP contribution is 2.20. The van der Waals surface area contributed by atoms with Crippen molar-refractivity contribution in [3.8, 4) is 0 Å². The number of nitro benzene ring substituents is 1. The van der Waals surface area contributed by atoms with E-state index in [1.165, 1.54) is 23.0 Å². The normalized spacial score (nSPS) is 14.1. The van der Waals surface area contributed by atoms with Crippen molar-refractivity contribution < 1.29 is 9.72 Å². The van der Waals surface area contributed by atoms with Crippen LogP contribution in [0.2, 0.25) is 0 Å². The molecule has 4 rings (SSSR count). The molecule has 2 heterocycles. The van der Waals surface area contributed by atoms with Gasteiger partial charge < -0.3 is 9.80 Å². The van der Waals surface area contributed by atoms with Gasteiger partial charge in [-0.1, -0.05) is 12.1 Å². The predicted molar refractivity (Wildman–Crippen MR) is 113 cm³/mol. The van der Waals surface area contributed by atoms with Crippen molar-refractivity contribution in [1.29, 1.82) is 0 Å². The van der Waals surface area contributed by atoms with Gasteiger partial charge >= 0.3 is 0 Å². The number of fused-ring (bicyclic) bond motifs is 1. The Labute approximate surface area is 172 Å². The second-order valence-electron chi connectivity index (χ2n) is 7.15. The molecule has 154 valence electrons. The van der Waals surface area contributed by atoms with Crippen molar-refractivity contribution in [2.45, 2.75) is 13.0 Å². The lowest BCUT2D eigenvalue weighted by Crippen LogP contribution is -2.49. The number of non-ortho nitro benzene ring substituents is 1. The molecule has 0 aliphatic carbocycles. The molecule has 1 fully saturated rings. The van der Waals surface area contributed by atoms with Gasteiger partial charge in [0.05, 0.1) is 22.2 Å². The summed E-state index contributed by atoms with van der Waals surface area (Å²) < 4.78 is 1.48. The fraction of sp³-hybridized carbons (Fsp3) is 0.286. The highest BCUT2D eigenvalue weighted by Gasteiger charge is 2.21. The smallest absolute Gasteiger partial charge is 0.269 e. The second-order valence-corrected chi connectivity index (χ2v) is 7.15. The first kappa shape index (κ1) is 19.6. The van der Waals surface area contributed by atoms with E-state index in [1.54, 1.807) is 35.2 Å². The molecule has 30 heavy (non-hydrogen) atoms. The van der Waals surface area contributed by atoms with E-state index in [2.05, 4.69) is 9.88 Å². The average molecular weight is 407 g/mol. The van der Waals surface area contributed by atoms with Crippen LogP contribution in [-0.4, -0.2) is 51.5 Å². The zero-order chi connectivity index (χ0) is 21.1. The Balaban J connectivity index is 1.33. The number of hydrogen-bond donors (Lipinski definition) is 0. The SMILES string of the molecule is O=C(CCn1cnc2ccccc2c1=O)N1CCN(c2ccc([N+](=O)[O-])cc2)CC1. The van der Waals surface area contributed by atoms with E-state index in [0.29, 0.717) is 37.1 Å². The Kier molecular flexibility index (Phi) is 5.42. The number of rotatable bonds is 5. The van der Waals surface area contributed by atoms with Gasteiger partial charge in [0, 0.05) is 57.0 Å². The van der Waals surface area contributed by atoms with Crippen molar-refractivity contribution in [3.05, 3.63) is 75.3 Å². The van der Waals surface area contributed by atoms with Gasteiger partial charge in [-0.3, -0.25) is 24.3 Å². The number of anilines is 1. The largest absolute Gasteiger partial charge is 0.368 e. The van der Waals surface area contributed by atoms with Gasteiger partial charge in [-0.25, -0.2) is 4.98 Å². The summed E-state index contributed by atoms with van der Waals surface area (Å²) in [5.74, 6) is -0.00147. The van der Waals surface area contributed by atoms with Crippen LogP contribution < -0.4 is 10.5 Å². The van der Waals surface area contributed by atoms with Crippen molar-refractivity contribution in [3.63, 3.8) is 0 Å². The molecule has 3 aromatic rings. The molecule has 1 aliphatic rings. The van der Waals surface area contributed by atoms with E-state index in [-0.39, 0.29) is 30.1 Å². The molecule has 0 spiro atoms. The van der Waals surface area contributed by atoms with E-state index >= 15 is 0 Å². The van der Waals surface area contributed by atoms with Crippen LogP contribution in [0.5, 0.6) is 0 Å². The van der Waals surface area contributed by atoms with Crippen LogP contribution >= 0.6 is 0 Å². The number of carbonyl (C=O) groups excluding carboxylic acids is 1. The third-order valence-electron chi connectivity index (χ3n) is 5.36. The highest BCUT2D eigenvalue weighted by molar-refractivity contribution is 5.78. The molecule has 1 saturated heterocycles. The molecule has 0 N–H and O–H groups in total. The third kappa shape index (κ3) is 4.00. The van der Waals surface area contributed by atoms with Gasteiger partial charge in [0.25, 0.3) is 11.2 Å². The minimum atomic E-state index is -0.420. The molecule has 9 heteroatoms. The number of benzene rings is 2. The van der Waals surface area contributed by atoms with Crippen LogP contribution in [0.15, 0.2) is 59.7 Å². The maximum atomic E-state index is 12.6. The molecule has 2 aromatic carbocycles. The number of nitrogens with zero attached hydrogens (tertiary/aromatic N) is 5. The molecule has 1 aliphatic heterocycles. The van der Waals surface area contributed by atoms with E-state index in [0.717, 1.165) is 5.69 Å². The van der Waals surface area contributed by atoms with Crippen molar-refractivity contribution in [1.82, 2.24) is 14.5 Å². The number of piperazine rings is 1. The molecule has 0 radical (unpaired) electrons. The summed E-state index contributed by atoms with van der Waals surface area (Å²) in [7, 11) is 0. The number of amides is 1. The first-order chi connectivity index (χ1) is 14.5. The number of para-hydroxylation sites is 1. The van der Waals surface area contributed by atoms with Crippen LogP contribution in [0.3, 0.4) is 0 Å². The summed E-state index contributed by atoms with van der Waals surface area (Å²) in [4.78, 5) is 43.7. The fourth-order valence-electron chi connectivity index (χ4n) is 3.64. The summed E-state index contributed by atoms with van der Waals surface area (Å²) in [5.41, 5.74) is 1.47. The molecule has 1 aromatic heterocycles. The van der Waals surface area contributed by atoms with Crippen LogP contribution in [0.1, 0.15) is 6.42 Å². The Bertz CT molecular complexity index is 1130. The topological polar surface area (TPSA) is 102 Å². The van der Waals surface area contributed by atoms with E-state index < -0.39 is 4.92 Å². The van der Waals surface area contributed by atoms with Gasteiger partial charge in [-0.15, -0.1) is 0 Å².